The van der Waals surface area contributed by atoms with Crippen molar-refractivity contribution >= 4 is 23.2 Å². The molecular weight excluding hydrogens is 288 g/mol. The molecule has 2 N–H and O–H groups in total. The summed E-state index contributed by atoms with van der Waals surface area (Å²) in [6.45, 7) is 5.02. The van der Waals surface area contributed by atoms with Crippen molar-refractivity contribution < 1.29 is 14.7 Å². The third kappa shape index (κ3) is 2.95. The Kier molecular flexibility index (Phi) is 4.09. The zero-order valence-electron chi connectivity index (χ0n) is 12.0. The molecular formula is C15H16N2O3S. The van der Waals surface area contributed by atoms with Crippen LogP contribution in [0.2, 0.25) is 0 Å². The third-order valence-electron chi connectivity index (χ3n) is 3.25. The van der Waals surface area contributed by atoms with Gasteiger partial charge >= 0.3 is 5.97 Å². The Morgan fingerprint density at radius 3 is 2.33 bits per heavy atom. The van der Waals surface area contributed by atoms with Gasteiger partial charge in [-0.25, -0.2) is 9.78 Å². The molecule has 0 saturated carbocycles. The molecule has 2 aromatic rings. The summed E-state index contributed by atoms with van der Waals surface area (Å²) in [6.07, 6.45) is 0. The summed E-state index contributed by atoms with van der Waals surface area (Å²) in [5.74, 6) is -1.53. The molecule has 110 valence electrons. The number of hydrogen-bond donors (Lipinski definition) is 2. The number of carbonyl (C=O) groups is 2. The van der Waals surface area contributed by atoms with E-state index >= 15 is 0 Å². The van der Waals surface area contributed by atoms with Crippen molar-refractivity contribution in [2.45, 2.75) is 26.3 Å². The maximum Gasteiger partial charge on any atom is 0.333 e. The molecule has 2 rings (SSSR count). The zero-order valence-corrected chi connectivity index (χ0v) is 12.8. The average Bonchev–Trinajstić information content (AvgIpc) is 2.78. The topological polar surface area (TPSA) is 79.3 Å². The monoisotopic (exact) mass is 304 g/mol. The SMILES string of the molecule is Cc1nc(C)c(C(=O)NC(C)(C(=O)O)c2ccccc2)s1. The van der Waals surface area contributed by atoms with E-state index in [0.717, 1.165) is 5.01 Å². The van der Waals surface area contributed by atoms with Crippen molar-refractivity contribution in [2.24, 2.45) is 0 Å². The molecule has 0 aliphatic carbocycles. The molecule has 0 bridgehead atoms. The van der Waals surface area contributed by atoms with Crippen LogP contribution >= 0.6 is 11.3 Å². The highest BCUT2D eigenvalue weighted by molar-refractivity contribution is 7.13. The average molecular weight is 304 g/mol. The van der Waals surface area contributed by atoms with Crippen LogP contribution in [0.15, 0.2) is 30.3 Å². The van der Waals surface area contributed by atoms with E-state index in [4.69, 9.17) is 0 Å². The summed E-state index contributed by atoms with van der Waals surface area (Å²) in [5, 5.41) is 12.9. The largest absolute Gasteiger partial charge is 0.479 e. The smallest absolute Gasteiger partial charge is 0.333 e. The first-order chi connectivity index (χ1) is 9.84. The first-order valence-electron chi connectivity index (χ1n) is 6.40. The lowest BCUT2D eigenvalue weighted by molar-refractivity contribution is -0.144. The lowest BCUT2D eigenvalue weighted by atomic mass is 9.92. The summed E-state index contributed by atoms with van der Waals surface area (Å²) in [4.78, 5) is 28.7. The van der Waals surface area contributed by atoms with Crippen LogP contribution in [-0.4, -0.2) is 22.0 Å². The van der Waals surface area contributed by atoms with Crippen molar-refractivity contribution in [3.05, 3.63) is 51.5 Å². The number of carboxylic acid groups (broad SMARTS) is 1. The number of aryl methyl sites for hydroxylation is 2. The quantitative estimate of drug-likeness (QED) is 0.909. The summed E-state index contributed by atoms with van der Waals surface area (Å²) in [6, 6.07) is 8.64. The molecule has 0 saturated heterocycles. The Bertz CT molecular complexity index is 681. The van der Waals surface area contributed by atoms with E-state index in [0.29, 0.717) is 16.1 Å². The van der Waals surface area contributed by atoms with Gasteiger partial charge in [0.25, 0.3) is 5.91 Å². The summed E-state index contributed by atoms with van der Waals surface area (Å²) in [5.41, 5.74) is -0.358. The van der Waals surface area contributed by atoms with Gasteiger partial charge in [0.15, 0.2) is 5.54 Å². The molecule has 0 radical (unpaired) electrons. The highest BCUT2D eigenvalue weighted by atomic mass is 32.1. The maximum atomic E-state index is 12.4. The molecule has 0 aliphatic heterocycles. The molecule has 1 unspecified atom stereocenters. The number of benzene rings is 1. The highest BCUT2D eigenvalue weighted by Crippen LogP contribution is 2.24. The van der Waals surface area contributed by atoms with Gasteiger partial charge in [0.05, 0.1) is 10.7 Å². The van der Waals surface area contributed by atoms with Crippen molar-refractivity contribution in [3.63, 3.8) is 0 Å². The minimum absolute atomic E-state index is 0.424. The predicted octanol–water partition coefficient (Wildman–Crippen LogP) is 2.49. The van der Waals surface area contributed by atoms with Gasteiger partial charge < -0.3 is 10.4 Å². The van der Waals surface area contributed by atoms with Crippen LogP contribution in [0.3, 0.4) is 0 Å². The van der Waals surface area contributed by atoms with Gasteiger partial charge in [-0.3, -0.25) is 4.79 Å². The van der Waals surface area contributed by atoms with Gasteiger partial charge in [-0.15, -0.1) is 11.3 Å². The van der Waals surface area contributed by atoms with Crippen molar-refractivity contribution in [2.75, 3.05) is 0 Å². The van der Waals surface area contributed by atoms with E-state index in [1.807, 2.05) is 6.92 Å². The van der Waals surface area contributed by atoms with Crippen molar-refractivity contribution in [3.8, 4) is 0 Å². The molecule has 6 heteroatoms. The summed E-state index contributed by atoms with van der Waals surface area (Å²) in [7, 11) is 0. The normalized spacial score (nSPS) is 13.5. The first kappa shape index (κ1) is 15.2. The van der Waals surface area contributed by atoms with Gasteiger partial charge in [-0.1, -0.05) is 30.3 Å². The lowest BCUT2D eigenvalue weighted by Gasteiger charge is -2.26. The van der Waals surface area contributed by atoms with Gasteiger partial charge in [0.1, 0.15) is 4.88 Å². The van der Waals surface area contributed by atoms with Crippen LogP contribution in [0.4, 0.5) is 0 Å². The molecule has 5 nitrogen and oxygen atoms in total. The number of nitrogens with one attached hydrogen (secondary N) is 1. The number of carbonyl (C=O) groups excluding carboxylic acids is 1. The Balaban J connectivity index is 2.35. The minimum atomic E-state index is -1.48. The third-order valence-corrected chi connectivity index (χ3v) is 4.32. The number of aliphatic carboxylic acids is 1. The van der Waals surface area contributed by atoms with Gasteiger partial charge in [-0.2, -0.15) is 0 Å². The molecule has 1 heterocycles. The van der Waals surface area contributed by atoms with Crippen LogP contribution in [0.25, 0.3) is 0 Å². The van der Waals surface area contributed by atoms with Crippen LogP contribution in [0, 0.1) is 13.8 Å². The Morgan fingerprint density at radius 1 is 1.24 bits per heavy atom. The number of rotatable bonds is 4. The minimum Gasteiger partial charge on any atom is -0.479 e. The van der Waals surface area contributed by atoms with Gasteiger partial charge in [0, 0.05) is 0 Å². The van der Waals surface area contributed by atoms with Gasteiger partial charge in [0.2, 0.25) is 0 Å². The second-order valence-corrected chi connectivity index (χ2v) is 6.10. The van der Waals surface area contributed by atoms with Crippen molar-refractivity contribution in [1.82, 2.24) is 10.3 Å². The van der Waals surface area contributed by atoms with Crippen LogP contribution < -0.4 is 5.32 Å². The van der Waals surface area contributed by atoms with E-state index < -0.39 is 17.4 Å². The molecule has 0 fully saturated rings. The van der Waals surface area contributed by atoms with Crippen LogP contribution in [-0.2, 0) is 10.3 Å². The highest BCUT2D eigenvalue weighted by Gasteiger charge is 2.37. The van der Waals surface area contributed by atoms with E-state index in [1.54, 1.807) is 37.3 Å². The van der Waals surface area contributed by atoms with E-state index in [9.17, 15) is 14.7 Å². The van der Waals surface area contributed by atoms with E-state index in [-0.39, 0.29) is 0 Å². The summed E-state index contributed by atoms with van der Waals surface area (Å²) < 4.78 is 0. The molecule has 1 atom stereocenters. The van der Waals surface area contributed by atoms with E-state index in [2.05, 4.69) is 10.3 Å². The van der Waals surface area contributed by atoms with Crippen LogP contribution in [0.1, 0.15) is 32.9 Å². The first-order valence-corrected chi connectivity index (χ1v) is 7.21. The fourth-order valence-corrected chi connectivity index (χ4v) is 2.86. The molecule has 21 heavy (non-hydrogen) atoms. The molecule has 1 amide bonds. The number of amides is 1. The number of aromatic nitrogens is 1. The molecule has 0 aliphatic rings. The number of thiazole rings is 1. The molecule has 0 spiro atoms. The lowest BCUT2D eigenvalue weighted by Crippen LogP contribution is -2.49. The van der Waals surface area contributed by atoms with Gasteiger partial charge in [-0.05, 0) is 26.3 Å². The molecule has 1 aromatic carbocycles. The Morgan fingerprint density at radius 2 is 1.86 bits per heavy atom. The number of nitrogens with zero attached hydrogens (tertiary/aromatic N) is 1. The standard InChI is InChI=1S/C15H16N2O3S/c1-9-12(21-10(2)16-9)13(18)17-15(3,14(19)20)11-7-5-4-6-8-11/h4-8H,1-3H3,(H,17,18)(H,19,20). The zero-order chi connectivity index (χ0) is 15.6. The Labute approximate surface area is 126 Å². The van der Waals surface area contributed by atoms with E-state index in [1.165, 1.54) is 18.3 Å². The predicted molar refractivity (Wildman–Crippen MR) is 80.5 cm³/mol. The second-order valence-electron chi connectivity index (χ2n) is 4.90. The number of carboxylic acids is 1. The second kappa shape index (κ2) is 5.65. The maximum absolute atomic E-state index is 12.4. The Hall–Kier alpha value is -2.21. The molecule has 1 aromatic heterocycles. The summed E-state index contributed by atoms with van der Waals surface area (Å²) >= 11 is 1.25. The number of hydrogen-bond acceptors (Lipinski definition) is 4. The van der Waals surface area contributed by atoms with Crippen LogP contribution in [0.5, 0.6) is 0 Å². The fourth-order valence-electron chi connectivity index (χ4n) is 2.05. The van der Waals surface area contributed by atoms with Crippen molar-refractivity contribution in [1.29, 1.82) is 0 Å². The fraction of sp³-hybridized carbons (Fsp3) is 0.267.